The molecule has 0 bridgehead atoms. The van der Waals surface area contributed by atoms with Crippen molar-refractivity contribution in [3.63, 3.8) is 0 Å². The van der Waals surface area contributed by atoms with Crippen LogP contribution >= 0.6 is 15.9 Å². The molecule has 0 radical (unpaired) electrons. The first-order chi connectivity index (χ1) is 9.21. The van der Waals surface area contributed by atoms with Crippen molar-refractivity contribution in [2.75, 3.05) is 0 Å². The molecule has 0 saturated heterocycles. The van der Waals surface area contributed by atoms with E-state index in [0.29, 0.717) is 9.66 Å². The Hall–Kier alpha value is -1.07. The first-order valence-electron chi connectivity index (χ1n) is 6.15. The normalized spacial score (nSPS) is 11.8. The van der Waals surface area contributed by atoms with Crippen molar-refractivity contribution < 1.29 is 13.2 Å². The molecule has 2 aromatic rings. The van der Waals surface area contributed by atoms with Crippen LogP contribution in [0.4, 0.5) is 13.2 Å². The van der Waals surface area contributed by atoms with E-state index >= 15 is 0 Å². The molecule has 0 heterocycles. The summed E-state index contributed by atoms with van der Waals surface area (Å²) >= 11 is 3.14. The summed E-state index contributed by atoms with van der Waals surface area (Å²) in [6.45, 7) is 5.81. The lowest BCUT2D eigenvalue weighted by atomic mass is 10.0. The second-order valence-corrected chi connectivity index (χ2v) is 11.6. The second kappa shape index (κ2) is 5.37. The summed E-state index contributed by atoms with van der Waals surface area (Å²) in [6, 6.07) is 7.30. The quantitative estimate of drug-likeness (QED) is 0.656. The molecule has 0 N–H and O–H groups in total. The first-order valence-corrected chi connectivity index (χ1v) is 10.4. The third kappa shape index (κ3) is 2.83. The predicted octanol–water partition coefficient (Wildman–Crippen LogP) is 5.08. The van der Waals surface area contributed by atoms with E-state index in [1.807, 2.05) is 19.6 Å². The molecular weight excluding hydrogens is 345 g/mol. The molecule has 0 amide bonds. The molecule has 0 aliphatic carbocycles. The molecule has 0 unspecified atom stereocenters. The lowest BCUT2D eigenvalue weighted by molar-refractivity contribution is 0.515. The summed E-state index contributed by atoms with van der Waals surface area (Å²) in [5.41, 5.74) is 0.0150. The Labute approximate surface area is 125 Å². The highest BCUT2D eigenvalue weighted by Crippen LogP contribution is 2.29. The highest BCUT2D eigenvalue weighted by Gasteiger charge is 2.25. The van der Waals surface area contributed by atoms with Gasteiger partial charge in [0.05, 0.1) is 8.07 Å². The van der Waals surface area contributed by atoms with E-state index in [2.05, 4.69) is 15.9 Å². The molecule has 0 spiro atoms. The van der Waals surface area contributed by atoms with Crippen molar-refractivity contribution in [3.05, 3.63) is 52.3 Å². The molecule has 0 aromatic heterocycles. The Morgan fingerprint density at radius 3 is 2.00 bits per heavy atom. The fourth-order valence-electron chi connectivity index (χ4n) is 2.04. The molecule has 0 aliphatic rings. The molecule has 0 saturated carbocycles. The molecule has 0 atom stereocenters. The Bertz CT molecular complexity index is 663. The average molecular weight is 359 g/mol. The van der Waals surface area contributed by atoms with Gasteiger partial charge in [-0.05, 0) is 17.3 Å². The molecular formula is C15H14BrF3Si. The predicted molar refractivity (Wildman–Crippen MR) is 82.4 cm³/mol. The molecule has 0 aliphatic heterocycles. The van der Waals surface area contributed by atoms with E-state index in [4.69, 9.17) is 0 Å². The Balaban J connectivity index is 2.63. The SMILES string of the molecule is C[Si](C)(C)c1ccc(-c2ccc(Br)cc2F)c(F)c1F. The fourth-order valence-corrected chi connectivity index (χ4v) is 3.73. The summed E-state index contributed by atoms with van der Waals surface area (Å²) in [7, 11) is -1.97. The molecule has 0 nitrogen and oxygen atoms in total. The maximum atomic E-state index is 14.2. The smallest absolute Gasteiger partial charge is 0.166 e. The topological polar surface area (TPSA) is 0 Å². The van der Waals surface area contributed by atoms with Crippen LogP contribution in [0.5, 0.6) is 0 Å². The van der Waals surface area contributed by atoms with E-state index in [9.17, 15) is 13.2 Å². The third-order valence-electron chi connectivity index (χ3n) is 3.11. The molecule has 2 aromatic carbocycles. The third-order valence-corrected chi connectivity index (χ3v) is 5.61. The van der Waals surface area contributed by atoms with Crippen LogP contribution in [0.25, 0.3) is 11.1 Å². The van der Waals surface area contributed by atoms with Crippen LogP contribution in [0.2, 0.25) is 19.6 Å². The number of hydrogen-bond donors (Lipinski definition) is 0. The standard InChI is InChI=1S/C15H14BrF3Si/c1-20(2,3)13-7-6-11(14(18)15(13)19)10-5-4-9(16)8-12(10)17/h4-8H,1-3H3. The largest absolute Gasteiger partial charge is 0.206 e. The van der Waals surface area contributed by atoms with Crippen LogP contribution in [0.3, 0.4) is 0 Å². The maximum Gasteiger partial charge on any atom is 0.166 e. The van der Waals surface area contributed by atoms with Crippen LogP contribution in [-0.2, 0) is 0 Å². The first kappa shape index (κ1) is 15.3. The van der Waals surface area contributed by atoms with Crippen LogP contribution in [-0.4, -0.2) is 8.07 Å². The van der Waals surface area contributed by atoms with E-state index in [0.717, 1.165) is 0 Å². The summed E-state index contributed by atoms with van der Waals surface area (Å²) in [6.07, 6.45) is 0. The number of hydrogen-bond acceptors (Lipinski definition) is 0. The average Bonchev–Trinajstić information content (AvgIpc) is 2.32. The van der Waals surface area contributed by atoms with Gasteiger partial charge in [0.15, 0.2) is 11.6 Å². The van der Waals surface area contributed by atoms with Gasteiger partial charge in [-0.1, -0.05) is 53.8 Å². The van der Waals surface area contributed by atoms with Crippen LogP contribution in [0.1, 0.15) is 0 Å². The van der Waals surface area contributed by atoms with Gasteiger partial charge in [0.25, 0.3) is 0 Å². The van der Waals surface area contributed by atoms with Gasteiger partial charge in [-0.3, -0.25) is 0 Å². The van der Waals surface area contributed by atoms with Gasteiger partial charge in [-0.2, -0.15) is 0 Å². The maximum absolute atomic E-state index is 14.2. The van der Waals surface area contributed by atoms with Crippen molar-refractivity contribution in [1.29, 1.82) is 0 Å². The van der Waals surface area contributed by atoms with Gasteiger partial charge in [-0.25, -0.2) is 13.2 Å². The zero-order valence-electron chi connectivity index (χ0n) is 11.4. The van der Waals surface area contributed by atoms with Gasteiger partial charge in [0, 0.05) is 15.6 Å². The van der Waals surface area contributed by atoms with Crippen LogP contribution in [0, 0.1) is 17.5 Å². The minimum atomic E-state index is -1.97. The fraction of sp³-hybridized carbons (Fsp3) is 0.200. The molecule has 5 heteroatoms. The van der Waals surface area contributed by atoms with Crippen molar-refractivity contribution in [2.24, 2.45) is 0 Å². The monoisotopic (exact) mass is 358 g/mol. The number of rotatable bonds is 2. The summed E-state index contributed by atoms with van der Waals surface area (Å²) in [4.78, 5) is 0. The lowest BCUT2D eigenvalue weighted by Crippen LogP contribution is -2.40. The van der Waals surface area contributed by atoms with E-state index in [1.165, 1.54) is 18.2 Å². The van der Waals surface area contributed by atoms with Crippen molar-refractivity contribution >= 4 is 29.2 Å². The van der Waals surface area contributed by atoms with E-state index in [-0.39, 0.29) is 11.1 Å². The van der Waals surface area contributed by atoms with Gasteiger partial charge in [0.1, 0.15) is 5.82 Å². The van der Waals surface area contributed by atoms with Gasteiger partial charge < -0.3 is 0 Å². The highest BCUT2D eigenvalue weighted by molar-refractivity contribution is 9.10. The van der Waals surface area contributed by atoms with Crippen molar-refractivity contribution in [3.8, 4) is 11.1 Å². The lowest BCUT2D eigenvalue weighted by Gasteiger charge is -2.19. The molecule has 0 fully saturated rings. The van der Waals surface area contributed by atoms with Crippen LogP contribution in [0.15, 0.2) is 34.8 Å². The summed E-state index contributed by atoms with van der Waals surface area (Å²) < 4.78 is 42.8. The number of benzene rings is 2. The van der Waals surface area contributed by atoms with Gasteiger partial charge >= 0.3 is 0 Å². The number of halogens is 4. The molecule has 20 heavy (non-hydrogen) atoms. The molecule has 106 valence electrons. The Morgan fingerprint density at radius 1 is 0.850 bits per heavy atom. The molecule has 2 rings (SSSR count). The summed E-state index contributed by atoms with van der Waals surface area (Å²) in [5, 5.41) is 0.413. The van der Waals surface area contributed by atoms with E-state index in [1.54, 1.807) is 12.1 Å². The van der Waals surface area contributed by atoms with Gasteiger partial charge in [0.2, 0.25) is 0 Å². The Kier molecular flexibility index (Phi) is 4.11. The van der Waals surface area contributed by atoms with Crippen molar-refractivity contribution in [2.45, 2.75) is 19.6 Å². The second-order valence-electron chi connectivity index (χ2n) is 5.66. The zero-order chi connectivity index (χ0) is 15.1. The minimum Gasteiger partial charge on any atom is -0.206 e. The Morgan fingerprint density at radius 2 is 1.45 bits per heavy atom. The summed E-state index contributed by atoms with van der Waals surface area (Å²) in [5.74, 6) is -2.42. The van der Waals surface area contributed by atoms with E-state index < -0.39 is 25.5 Å². The highest BCUT2D eigenvalue weighted by atomic mass is 79.9. The van der Waals surface area contributed by atoms with Gasteiger partial charge in [-0.15, -0.1) is 0 Å². The zero-order valence-corrected chi connectivity index (χ0v) is 14.0. The minimum absolute atomic E-state index is 0.0468. The van der Waals surface area contributed by atoms with Crippen molar-refractivity contribution in [1.82, 2.24) is 0 Å². The van der Waals surface area contributed by atoms with Crippen LogP contribution < -0.4 is 5.19 Å².